The zero-order valence-corrected chi connectivity index (χ0v) is 11.1. The zero-order chi connectivity index (χ0) is 13.5. The molecule has 1 heterocycles. The van der Waals surface area contributed by atoms with E-state index < -0.39 is 5.91 Å². The summed E-state index contributed by atoms with van der Waals surface area (Å²) in [6, 6.07) is 6.42. The van der Waals surface area contributed by atoms with E-state index in [-0.39, 0.29) is 6.61 Å². The van der Waals surface area contributed by atoms with Crippen molar-refractivity contribution in [1.82, 2.24) is 5.32 Å². The third kappa shape index (κ3) is 4.22. The van der Waals surface area contributed by atoms with Crippen molar-refractivity contribution in [2.45, 2.75) is 19.4 Å². The largest absolute Gasteiger partial charge is 0.385 e. The molecule has 19 heavy (non-hydrogen) atoms. The second-order valence-corrected chi connectivity index (χ2v) is 4.68. The molecule has 1 aromatic rings. The molecule has 0 saturated heterocycles. The first kappa shape index (κ1) is 13.8. The lowest BCUT2D eigenvalue weighted by molar-refractivity contribution is -0.122. The van der Waals surface area contributed by atoms with Gasteiger partial charge in [-0.25, -0.2) is 0 Å². The van der Waals surface area contributed by atoms with E-state index in [2.05, 4.69) is 28.8 Å². The second kappa shape index (κ2) is 7.11. The summed E-state index contributed by atoms with van der Waals surface area (Å²) in [6.07, 6.45) is 2.35. The molecule has 5 nitrogen and oxygen atoms in total. The van der Waals surface area contributed by atoms with Gasteiger partial charge < -0.3 is 21.1 Å². The Labute approximate surface area is 113 Å². The molecule has 5 heteroatoms. The third-order valence-electron chi connectivity index (χ3n) is 3.14. The van der Waals surface area contributed by atoms with Gasteiger partial charge in [-0.1, -0.05) is 18.2 Å². The fraction of sp³-hybridized carbons (Fsp3) is 0.500. The number of carbonyl (C=O) groups is 1. The maximum absolute atomic E-state index is 10.5. The monoisotopic (exact) mass is 263 g/mol. The van der Waals surface area contributed by atoms with Crippen molar-refractivity contribution in [2.75, 3.05) is 31.6 Å². The molecule has 0 atom stereocenters. The topological polar surface area (TPSA) is 76.4 Å². The molecule has 4 N–H and O–H groups in total. The standard InChI is InChI=1S/C14H21N3O2/c15-13(18)10-19-8-7-16-9-12-4-1-3-11-5-2-6-17-14(11)12/h1,3-4,16-17H,2,5-10H2,(H2,15,18). The lowest BCUT2D eigenvalue weighted by atomic mass is 9.99. The van der Waals surface area contributed by atoms with Crippen LogP contribution in [0.2, 0.25) is 0 Å². The predicted molar refractivity (Wildman–Crippen MR) is 75.0 cm³/mol. The molecule has 104 valence electrons. The summed E-state index contributed by atoms with van der Waals surface area (Å²) >= 11 is 0. The number of anilines is 1. The van der Waals surface area contributed by atoms with E-state index in [1.54, 1.807) is 0 Å². The van der Waals surface area contributed by atoms with Gasteiger partial charge in [-0.3, -0.25) is 4.79 Å². The molecule has 1 aliphatic rings. The van der Waals surface area contributed by atoms with E-state index in [0.717, 1.165) is 19.5 Å². The molecule has 1 aromatic carbocycles. The van der Waals surface area contributed by atoms with Crippen LogP contribution in [0.1, 0.15) is 17.5 Å². The summed E-state index contributed by atoms with van der Waals surface area (Å²) in [4.78, 5) is 10.5. The van der Waals surface area contributed by atoms with E-state index in [0.29, 0.717) is 13.2 Å². The second-order valence-electron chi connectivity index (χ2n) is 4.68. The average molecular weight is 263 g/mol. The van der Waals surface area contributed by atoms with Crippen LogP contribution in [0.3, 0.4) is 0 Å². The van der Waals surface area contributed by atoms with Crippen molar-refractivity contribution >= 4 is 11.6 Å². The van der Waals surface area contributed by atoms with E-state index in [4.69, 9.17) is 10.5 Å². The first-order chi connectivity index (χ1) is 9.27. The molecule has 0 unspecified atom stereocenters. The molecular weight excluding hydrogens is 242 g/mol. The number of rotatable bonds is 7. The van der Waals surface area contributed by atoms with Gasteiger partial charge in [-0.15, -0.1) is 0 Å². The zero-order valence-electron chi connectivity index (χ0n) is 11.1. The highest BCUT2D eigenvalue weighted by atomic mass is 16.5. The van der Waals surface area contributed by atoms with Crippen molar-refractivity contribution in [3.63, 3.8) is 0 Å². The summed E-state index contributed by atoms with van der Waals surface area (Å²) in [5, 5.41) is 6.77. The molecule has 0 aromatic heterocycles. The maximum Gasteiger partial charge on any atom is 0.243 e. The van der Waals surface area contributed by atoms with Gasteiger partial charge in [0.05, 0.1) is 6.61 Å². The first-order valence-corrected chi connectivity index (χ1v) is 6.69. The Bertz CT molecular complexity index is 435. The number of benzene rings is 1. The van der Waals surface area contributed by atoms with Crippen molar-refractivity contribution in [3.8, 4) is 0 Å². The van der Waals surface area contributed by atoms with Crippen molar-refractivity contribution in [3.05, 3.63) is 29.3 Å². The number of nitrogens with two attached hydrogens (primary N) is 1. The third-order valence-corrected chi connectivity index (χ3v) is 3.14. The van der Waals surface area contributed by atoms with Gasteiger partial charge in [0.2, 0.25) is 5.91 Å². The van der Waals surface area contributed by atoms with Crippen LogP contribution >= 0.6 is 0 Å². The van der Waals surface area contributed by atoms with Crippen molar-refractivity contribution in [1.29, 1.82) is 0 Å². The molecule has 0 spiro atoms. The molecule has 0 bridgehead atoms. The van der Waals surface area contributed by atoms with Crippen LogP contribution in [0.25, 0.3) is 0 Å². The van der Waals surface area contributed by atoms with Gasteiger partial charge in [0.25, 0.3) is 0 Å². The molecule has 1 amide bonds. The minimum absolute atomic E-state index is 0.00995. The van der Waals surface area contributed by atoms with Gasteiger partial charge in [-0.05, 0) is 24.0 Å². The Morgan fingerprint density at radius 1 is 1.47 bits per heavy atom. The molecular formula is C14H21N3O2. The highest BCUT2D eigenvalue weighted by molar-refractivity contribution is 5.74. The minimum Gasteiger partial charge on any atom is -0.385 e. The maximum atomic E-state index is 10.5. The Morgan fingerprint density at radius 3 is 3.21 bits per heavy atom. The Morgan fingerprint density at radius 2 is 2.37 bits per heavy atom. The van der Waals surface area contributed by atoms with Gasteiger partial charge in [0, 0.05) is 25.3 Å². The fourth-order valence-corrected chi connectivity index (χ4v) is 2.27. The Hall–Kier alpha value is -1.59. The lowest BCUT2D eigenvalue weighted by Gasteiger charge is -2.21. The van der Waals surface area contributed by atoms with Crippen LogP contribution in [0.4, 0.5) is 5.69 Å². The number of hydrogen-bond acceptors (Lipinski definition) is 4. The normalized spacial score (nSPS) is 13.7. The van der Waals surface area contributed by atoms with Gasteiger partial charge >= 0.3 is 0 Å². The van der Waals surface area contributed by atoms with E-state index in [9.17, 15) is 4.79 Å². The SMILES string of the molecule is NC(=O)COCCNCc1cccc2c1NCCC2. The average Bonchev–Trinajstić information content (AvgIpc) is 2.42. The van der Waals surface area contributed by atoms with Crippen LogP contribution in [0.15, 0.2) is 18.2 Å². The summed E-state index contributed by atoms with van der Waals surface area (Å²) in [5.74, 6) is -0.429. The van der Waals surface area contributed by atoms with Crippen LogP contribution in [0, 0.1) is 0 Å². The highest BCUT2D eigenvalue weighted by Crippen LogP contribution is 2.25. The number of primary amides is 1. The number of carbonyl (C=O) groups excluding carboxylic acids is 1. The molecule has 1 aliphatic heterocycles. The lowest BCUT2D eigenvalue weighted by Crippen LogP contribution is -2.24. The number of ether oxygens (including phenoxy) is 1. The fourth-order valence-electron chi connectivity index (χ4n) is 2.27. The summed E-state index contributed by atoms with van der Waals surface area (Å²) in [7, 11) is 0. The number of amides is 1. The molecule has 0 fully saturated rings. The molecule has 0 saturated carbocycles. The van der Waals surface area contributed by atoms with Gasteiger partial charge in [-0.2, -0.15) is 0 Å². The summed E-state index contributed by atoms with van der Waals surface area (Å²) in [5.41, 5.74) is 8.94. The number of hydrogen-bond donors (Lipinski definition) is 3. The van der Waals surface area contributed by atoms with Gasteiger partial charge in [0.15, 0.2) is 0 Å². The Balaban J connectivity index is 1.75. The first-order valence-electron chi connectivity index (χ1n) is 6.69. The van der Waals surface area contributed by atoms with E-state index in [1.165, 1.54) is 23.2 Å². The molecule has 2 rings (SSSR count). The molecule has 0 radical (unpaired) electrons. The summed E-state index contributed by atoms with van der Waals surface area (Å²) < 4.78 is 5.09. The Kier molecular flexibility index (Phi) is 5.18. The van der Waals surface area contributed by atoms with Crippen LogP contribution in [-0.4, -0.2) is 32.2 Å². The van der Waals surface area contributed by atoms with Crippen LogP contribution in [-0.2, 0) is 22.5 Å². The minimum atomic E-state index is -0.429. The highest BCUT2D eigenvalue weighted by Gasteiger charge is 2.11. The molecule has 0 aliphatic carbocycles. The summed E-state index contributed by atoms with van der Waals surface area (Å²) in [6.45, 7) is 3.04. The number of nitrogens with one attached hydrogen (secondary N) is 2. The number of para-hydroxylation sites is 1. The van der Waals surface area contributed by atoms with Crippen molar-refractivity contribution in [2.24, 2.45) is 5.73 Å². The number of fused-ring (bicyclic) bond motifs is 1. The van der Waals surface area contributed by atoms with Crippen LogP contribution in [0.5, 0.6) is 0 Å². The quantitative estimate of drug-likeness (QED) is 0.631. The number of aryl methyl sites for hydroxylation is 1. The van der Waals surface area contributed by atoms with E-state index >= 15 is 0 Å². The smallest absolute Gasteiger partial charge is 0.243 e. The predicted octanol–water partition coefficient (Wildman–Crippen LogP) is 0.636. The van der Waals surface area contributed by atoms with Crippen LogP contribution < -0.4 is 16.4 Å². The van der Waals surface area contributed by atoms with Crippen molar-refractivity contribution < 1.29 is 9.53 Å². The van der Waals surface area contributed by atoms with E-state index in [1.807, 2.05) is 0 Å². The van der Waals surface area contributed by atoms with Gasteiger partial charge in [0.1, 0.15) is 6.61 Å².